The molecule has 1 N–H and O–H groups in total. The molecule has 17 heavy (non-hydrogen) atoms. The van der Waals surface area contributed by atoms with Gasteiger partial charge in [0.05, 0.1) is 5.69 Å². The predicted octanol–water partition coefficient (Wildman–Crippen LogP) is 1.70. The van der Waals surface area contributed by atoms with E-state index in [-0.39, 0.29) is 0 Å². The quantitative estimate of drug-likeness (QED) is 0.846. The number of aryl methyl sites for hydroxylation is 1. The fourth-order valence-corrected chi connectivity index (χ4v) is 2.12. The third-order valence-electron chi connectivity index (χ3n) is 3.09. The molecule has 3 rings (SSSR count). The highest BCUT2D eigenvalue weighted by Gasteiger charge is 2.14. The SMILES string of the molecule is CCc1cnccc1-c1ncc2c(n1)CNC2. The molecule has 1 aliphatic heterocycles. The van der Waals surface area contributed by atoms with E-state index in [0.717, 1.165) is 36.6 Å². The second-order valence-corrected chi connectivity index (χ2v) is 4.16. The lowest BCUT2D eigenvalue weighted by molar-refractivity contribution is 0.758. The smallest absolute Gasteiger partial charge is 0.159 e. The summed E-state index contributed by atoms with van der Waals surface area (Å²) in [5.41, 5.74) is 4.62. The maximum Gasteiger partial charge on any atom is 0.159 e. The van der Waals surface area contributed by atoms with Crippen molar-refractivity contribution in [3.05, 3.63) is 41.5 Å². The molecule has 4 nitrogen and oxygen atoms in total. The van der Waals surface area contributed by atoms with E-state index in [1.807, 2.05) is 18.5 Å². The minimum atomic E-state index is 0.812. The van der Waals surface area contributed by atoms with Gasteiger partial charge in [0.1, 0.15) is 0 Å². The van der Waals surface area contributed by atoms with Crippen molar-refractivity contribution >= 4 is 0 Å². The van der Waals surface area contributed by atoms with Crippen LogP contribution in [0.4, 0.5) is 0 Å². The van der Waals surface area contributed by atoms with Gasteiger partial charge in [0, 0.05) is 42.8 Å². The molecule has 2 aromatic heterocycles. The van der Waals surface area contributed by atoms with Gasteiger partial charge < -0.3 is 5.32 Å². The summed E-state index contributed by atoms with van der Waals surface area (Å²) in [4.78, 5) is 13.2. The molecule has 0 radical (unpaired) electrons. The van der Waals surface area contributed by atoms with Crippen LogP contribution in [0.1, 0.15) is 23.7 Å². The van der Waals surface area contributed by atoms with Crippen LogP contribution in [0.25, 0.3) is 11.4 Å². The number of hydrogen-bond donors (Lipinski definition) is 1. The van der Waals surface area contributed by atoms with Crippen LogP contribution in [0.5, 0.6) is 0 Å². The van der Waals surface area contributed by atoms with E-state index in [0.29, 0.717) is 0 Å². The van der Waals surface area contributed by atoms with Gasteiger partial charge in [0.25, 0.3) is 0 Å². The second-order valence-electron chi connectivity index (χ2n) is 4.16. The molecular weight excluding hydrogens is 212 g/mol. The summed E-state index contributed by atoms with van der Waals surface area (Å²) in [6.07, 6.45) is 6.56. The Labute approximate surface area is 100 Å². The van der Waals surface area contributed by atoms with Crippen LogP contribution >= 0.6 is 0 Å². The molecule has 2 aromatic rings. The Balaban J connectivity index is 2.09. The Morgan fingerprint density at radius 2 is 2.24 bits per heavy atom. The predicted molar refractivity (Wildman–Crippen MR) is 65.2 cm³/mol. The number of fused-ring (bicyclic) bond motifs is 1. The number of pyridine rings is 1. The van der Waals surface area contributed by atoms with Crippen molar-refractivity contribution in [2.45, 2.75) is 26.4 Å². The molecule has 4 heteroatoms. The first-order valence-electron chi connectivity index (χ1n) is 5.87. The molecule has 0 spiro atoms. The van der Waals surface area contributed by atoms with Crippen molar-refractivity contribution in [3.8, 4) is 11.4 Å². The Hall–Kier alpha value is -1.81. The summed E-state index contributed by atoms with van der Waals surface area (Å²) in [6, 6.07) is 1.99. The van der Waals surface area contributed by atoms with Crippen molar-refractivity contribution < 1.29 is 0 Å². The van der Waals surface area contributed by atoms with E-state index in [1.165, 1.54) is 11.1 Å². The van der Waals surface area contributed by atoms with Crippen LogP contribution in [-0.2, 0) is 19.5 Å². The minimum Gasteiger partial charge on any atom is -0.307 e. The first kappa shape index (κ1) is 10.4. The van der Waals surface area contributed by atoms with Crippen molar-refractivity contribution in [2.24, 2.45) is 0 Å². The van der Waals surface area contributed by atoms with Crippen molar-refractivity contribution in [3.63, 3.8) is 0 Å². The molecule has 1 aliphatic rings. The van der Waals surface area contributed by atoms with Gasteiger partial charge in [-0.2, -0.15) is 0 Å². The molecule has 0 aromatic carbocycles. The monoisotopic (exact) mass is 226 g/mol. The van der Waals surface area contributed by atoms with Gasteiger partial charge >= 0.3 is 0 Å². The number of nitrogens with one attached hydrogen (secondary N) is 1. The van der Waals surface area contributed by atoms with Gasteiger partial charge in [0.2, 0.25) is 0 Å². The van der Waals surface area contributed by atoms with Crippen molar-refractivity contribution in [1.29, 1.82) is 0 Å². The molecule has 0 atom stereocenters. The highest BCUT2D eigenvalue weighted by atomic mass is 15.0. The standard InChI is InChI=1S/C13H14N4/c1-2-9-5-14-4-3-11(9)13-16-7-10-6-15-8-12(10)17-13/h3-5,7,15H,2,6,8H2,1H3. The summed E-state index contributed by atoms with van der Waals surface area (Å²) in [5, 5.41) is 3.28. The van der Waals surface area contributed by atoms with Crippen LogP contribution in [-0.4, -0.2) is 15.0 Å². The van der Waals surface area contributed by atoms with Gasteiger partial charge in [-0.25, -0.2) is 9.97 Å². The maximum atomic E-state index is 4.63. The number of rotatable bonds is 2. The maximum absolute atomic E-state index is 4.63. The molecule has 0 aliphatic carbocycles. The summed E-state index contributed by atoms with van der Waals surface area (Å²) in [7, 11) is 0. The Bertz CT molecular complexity index is 551. The number of aromatic nitrogens is 3. The van der Waals surface area contributed by atoms with E-state index >= 15 is 0 Å². The molecule has 0 bridgehead atoms. The lowest BCUT2D eigenvalue weighted by Gasteiger charge is -2.06. The average molecular weight is 226 g/mol. The van der Waals surface area contributed by atoms with Gasteiger partial charge in [-0.15, -0.1) is 0 Å². The molecule has 0 saturated carbocycles. The highest BCUT2D eigenvalue weighted by molar-refractivity contribution is 5.59. The first-order chi connectivity index (χ1) is 8.38. The van der Waals surface area contributed by atoms with Crippen molar-refractivity contribution in [2.75, 3.05) is 0 Å². The average Bonchev–Trinajstić information content (AvgIpc) is 2.85. The summed E-state index contributed by atoms with van der Waals surface area (Å²) in [6.45, 7) is 3.85. The largest absolute Gasteiger partial charge is 0.307 e. The second kappa shape index (κ2) is 4.22. The molecule has 0 saturated heterocycles. The highest BCUT2D eigenvalue weighted by Crippen LogP contribution is 2.22. The van der Waals surface area contributed by atoms with Crippen molar-refractivity contribution in [1.82, 2.24) is 20.3 Å². The van der Waals surface area contributed by atoms with Crippen LogP contribution in [0, 0.1) is 0 Å². The van der Waals surface area contributed by atoms with E-state index < -0.39 is 0 Å². The van der Waals surface area contributed by atoms with Gasteiger partial charge in [-0.05, 0) is 18.1 Å². The van der Waals surface area contributed by atoms with Crippen LogP contribution in [0.2, 0.25) is 0 Å². The molecule has 0 unspecified atom stereocenters. The first-order valence-corrected chi connectivity index (χ1v) is 5.87. The minimum absolute atomic E-state index is 0.812. The van der Waals surface area contributed by atoms with E-state index in [1.54, 1.807) is 6.20 Å². The lowest BCUT2D eigenvalue weighted by Crippen LogP contribution is -2.01. The number of nitrogens with zero attached hydrogens (tertiary/aromatic N) is 3. The zero-order valence-electron chi connectivity index (χ0n) is 9.77. The molecule has 86 valence electrons. The van der Waals surface area contributed by atoms with E-state index in [4.69, 9.17) is 0 Å². The van der Waals surface area contributed by atoms with Gasteiger partial charge in [-0.1, -0.05) is 6.92 Å². The Kier molecular flexibility index (Phi) is 2.57. The summed E-state index contributed by atoms with van der Waals surface area (Å²) in [5.74, 6) is 0.812. The molecule has 0 amide bonds. The Morgan fingerprint density at radius 3 is 3.12 bits per heavy atom. The summed E-state index contributed by atoms with van der Waals surface area (Å²) < 4.78 is 0. The van der Waals surface area contributed by atoms with E-state index in [2.05, 4.69) is 27.2 Å². The normalized spacial score (nSPS) is 13.7. The molecule has 3 heterocycles. The topological polar surface area (TPSA) is 50.7 Å². The number of hydrogen-bond acceptors (Lipinski definition) is 4. The lowest BCUT2D eigenvalue weighted by atomic mass is 10.1. The Morgan fingerprint density at radius 1 is 1.29 bits per heavy atom. The zero-order chi connectivity index (χ0) is 11.7. The fourth-order valence-electron chi connectivity index (χ4n) is 2.12. The van der Waals surface area contributed by atoms with Crippen LogP contribution < -0.4 is 5.32 Å². The zero-order valence-corrected chi connectivity index (χ0v) is 9.77. The van der Waals surface area contributed by atoms with Gasteiger partial charge in [0.15, 0.2) is 5.82 Å². The van der Waals surface area contributed by atoms with E-state index in [9.17, 15) is 0 Å². The third kappa shape index (κ3) is 1.80. The third-order valence-corrected chi connectivity index (χ3v) is 3.09. The molecular formula is C13H14N4. The van der Waals surface area contributed by atoms with Crippen LogP contribution in [0.3, 0.4) is 0 Å². The fraction of sp³-hybridized carbons (Fsp3) is 0.308. The molecule has 0 fully saturated rings. The summed E-state index contributed by atoms with van der Waals surface area (Å²) >= 11 is 0. The van der Waals surface area contributed by atoms with Crippen LogP contribution in [0.15, 0.2) is 24.7 Å². The van der Waals surface area contributed by atoms with Gasteiger partial charge in [-0.3, -0.25) is 4.98 Å².